The zero-order valence-electron chi connectivity index (χ0n) is 23.4. The van der Waals surface area contributed by atoms with Crippen molar-refractivity contribution in [2.24, 2.45) is 35.1 Å². The Balaban J connectivity index is 1.68. The molecule has 216 valence electrons. The summed E-state index contributed by atoms with van der Waals surface area (Å²) in [4.78, 5) is 70.4. The number of primary amides is 1. The third-order valence-corrected chi connectivity index (χ3v) is 9.05. The zero-order valence-corrected chi connectivity index (χ0v) is 23.4. The van der Waals surface area contributed by atoms with Gasteiger partial charge in [-0.25, -0.2) is 0 Å². The second kappa shape index (κ2) is 9.86. The Morgan fingerprint density at radius 2 is 1.68 bits per heavy atom. The first-order chi connectivity index (χ1) is 19.2. The Kier molecular flexibility index (Phi) is 6.88. The molecule has 2 fully saturated rings. The van der Waals surface area contributed by atoms with Crippen LogP contribution in [0.2, 0.25) is 0 Å². The molecule has 0 aliphatic heterocycles. The summed E-state index contributed by atoms with van der Waals surface area (Å²) in [7, 11) is 6.93. The minimum Gasteiger partial charge on any atom is -0.507 e. The van der Waals surface area contributed by atoms with E-state index >= 15 is 0 Å². The third-order valence-electron chi connectivity index (χ3n) is 9.05. The predicted octanol–water partition coefficient (Wildman–Crippen LogP) is 0.0587. The molecule has 2 aromatic carbocycles. The number of carbonyl (C=O) groups excluding carboxylic acids is 5. The number of rotatable bonds is 5. The molecule has 0 saturated heterocycles. The molecule has 2 aromatic rings. The highest BCUT2D eigenvalue weighted by atomic mass is 16.3. The monoisotopic (exact) mass is 562 g/mol. The molecule has 3 aliphatic rings. The van der Waals surface area contributed by atoms with E-state index in [-0.39, 0.29) is 30.7 Å². The van der Waals surface area contributed by atoms with Gasteiger partial charge in [0.25, 0.3) is 0 Å². The highest BCUT2D eigenvalue weighted by Crippen LogP contribution is 2.52. The average molecular weight is 563 g/mol. The summed E-state index contributed by atoms with van der Waals surface area (Å²) in [6, 6.07) is 8.22. The molecule has 0 bridgehead atoms. The van der Waals surface area contributed by atoms with Gasteiger partial charge in [0.05, 0.1) is 17.5 Å². The summed E-state index contributed by atoms with van der Waals surface area (Å²) in [6.45, 7) is -0.0748. The van der Waals surface area contributed by atoms with Crippen molar-refractivity contribution in [3.05, 3.63) is 47.0 Å². The number of nitrogens with zero attached hydrogens (tertiary/aromatic N) is 2. The molecular weight excluding hydrogens is 528 g/mol. The SMILES string of the molecule is CN(C)c1ccc(-c2cc(CN)c(O)c3c2C[C@H]2C[C@H]4[C@@H](N(C)C)C(=O)C(C(N)=O)C(=O)[C@@]4(O)C(=O)C2C3=O)cc1. The van der Waals surface area contributed by atoms with E-state index in [2.05, 4.69) is 0 Å². The molecule has 0 aromatic heterocycles. The topological polar surface area (TPSA) is 184 Å². The van der Waals surface area contributed by atoms with E-state index in [9.17, 15) is 34.2 Å². The van der Waals surface area contributed by atoms with Crippen LogP contribution in [0.15, 0.2) is 30.3 Å². The summed E-state index contributed by atoms with van der Waals surface area (Å²) in [5.41, 5.74) is 11.7. The van der Waals surface area contributed by atoms with Gasteiger partial charge in [-0.1, -0.05) is 12.1 Å². The largest absolute Gasteiger partial charge is 0.507 e. The standard InChI is InChI=1S/C30H34N4O7/c1-33(2)16-7-5-13(6-8-16)17-10-15(12-31)24(35)21-18(17)9-14-11-19-23(34(3)4)26(37)22(29(32)40)28(39)30(19,41)27(38)20(14)25(21)36/h5-8,10,14,19-20,22-23,35,41H,9,11-12,31H2,1-4H3,(H2,32,40)/t14-,19-,20?,22?,23+,30-/m0/s1. The van der Waals surface area contributed by atoms with Crippen LogP contribution < -0.4 is 16.4 Å². The molecule has 1 amide bonds. The van der Waals surface area contributed by atoms with E-state index in [1.807, 2.05) is 43.3 Å². The number of Topliss-reactive ketones (excluding diaryl/α,β-unsaturated/α-hetero) is 4. The van der Waals surface area contributed by atoms with Gasteiger partial charge in [0.15, 0.2) is 34.7 Å². The third kappa shape index (κ3) is 4.02. The number of aliphatic hydroxyl groups is 1. The van der Waals surface area contributed by atoms with Crippen LogP contribution in [0.25, 0.3) is 11.1 Å². The fraction of sp³-hybridized carbons (Fsp3) is 0.433. The molecule has 41 heavy (non-hydrogen) atoms. The number of phenols is 1. The van der Waals surface area contributed by atoms with E-state index < -0.39 is 64.4 Å². The summed E-state index contributed by atoms with van der Waals surface area (Å²) in [5, 5.41) is 22.9. The summed E-state index contributed by atoms with van der Waals surface area (Å²) >= 11 is 0. The van der Waals surface area contributed by atoms with Crippen LogP contribution in [0.1, 0.15) is 27.9 Å². The molecule has 11 nitrogen and oxygen atoms in total. The number of likely N-dealkylation sites (N-methyl/N-ethyl adjacent to an activating group) is 1. The summed E-state index contributed by atoms with van der Waals surface area (Å²) in [6.07, 6.45) is 0.164. The van der Waals surface area contributed by atoms with Crippen molar-refractivity contribution in [1.29, 1.82) is 0 Å². The van der Waals surface area contributed by atoms with Gasteiger partial charge in [0.2, 0.25) is 5.91 Å². The zero-order chi connectivity index (χ0) is 30.1. The molecule has 2 unspecified atom stereocenters. The van der Waals surface area contributed by atoms with Gasteiger partial charge in [0.1, 0.15) is 5.75 Å². The lowest BCUT2D eigenvalue weighted by molar-refractivity contribution is -0.181. The van der Waals surface area contributed by atoms with Crippen LogP contribution in [0.3, 0.4) is 0 Å². The summed E-state index contributed by atoms with van der Waals surface area (Å²) in [5.74, 6) is -10.8. The minimum atomic E-state index is -2.76. The number of carbonyl (C=O) groups is 5. The molecule has 5 rings (SSSR count). The Hall–Kier alpha value is -3.93. The van der Waals surface area contributed by atoms with Crippen LogP contribution in [-0.2, 0) is 32.1 Å². The predicted molar refractivity (Wildman–Crippen MR) is 149 cm³/mol. The molecule has 0 radical (unpaired) electrons. The van der Waals surface area contributed by atoms with E-state index in [0.717, 1.165) is 11.3 Å². The first-order valence-electron chi connectivity index (χ1n) is 13.5. The van der Waals surface area contributed by atoms with Crippen molar-refractivity contribution < 1.29 is 34.2 Å². The highest BCUT2D eigenvalue weighted by molar-refractivity contribution is 6.32. The van der Waals surface area contributed by atoms with Crippen molar-refractivity contribution in [2.75, 3.05) is 33.1 Å². The van der Waals surface area contributed by atoms with Gasteiger partial charge in [0, 0.05) is 37.8 Å². The quantitative estimate of drug-likeness (QED) is 0.363. The van der Waals surface area contributed by atoms with Crippen molar-refractivity contribution in [3.63, 3.8) is 0 Å². The van der Waals surface area contributed by atoms with E-state index in [1.54, 1.807) is 20.2 Å². The maximum absolute atomic E-state index is 14.1. The van der Waals surface area contributed by atoms with Gasteiger partial charge < -0.3 is 26.6 Å². The Labute approximate surface area is 237 Å². The normalized spacial score (nSPS) is 29.2. The van der Waals surface area contributed by atoms with E-state index in [0.29, 0.717) is 16.7 Å². The molecule has 6 atom stereocenters. The van der Waals surface area contributed by atoms with Gasteiger partial charge in [-0.05, 0) is 67.7 Å². The van der Waals surface area contributed by atoms with Crippen LogP contribution in [0.4, 0.5) is 5.69 Å². The van der Waals surface area contributed by atoms with E-state index in [1.165, 1.54) is 4.90 Å². The van der Waals surface area contributed by atoms with Crippen molar-refractivity contribution in [3.8, 4) is 16.9 Å². The first-order valence-corrected chi connectivity index (χ1v) is 13.5. The Bertz CT molecular complexity index is 1500. The Morgan fingerprint density at radius 1 is 1.05 bits per heavy atom. The lowest BCUT2D eigenvalue weighted by Gasteiger charge is -2.52. The molecular formula is C30H34N4O7. The maximum Gasteiger partial charge on any atom is 0.235 e. The average Bonchev–Trinajstić information content (AvgIpc) is 2.90. The van der Waals surface area contributed by atoms with Crippen molar-refractivity contribution in [2.45, 2.75) is 31.0 Å². The fourth-order valence-corrected chi connectivity index (χ4v) is 7.08. The summed E-state index contributed by atoms with van der Waals surface area (Å²) < 4.78 is 0. The Morgan fingerprint density at radius 3 is 2.22 bits per heavy atom. The number of hydrogen-bond donors (Lipinski definition) is 4. The first kappa shape index (κ1) is 28.6. The lowest BCUT2D eigenvalue weighted by Crippen LogP contribution is -2.74. The van der Waals surface area contributed by atoms with Crippen molar-refractivity contribution in [1.82, 2.24) is 4.90 Å². The minimum absolute atomic E-state index is 0.0116. The van der Waals surface area contributed by atoms with E-state index in [4.69, 9.17) is 11.5 Å². The molecule has 6 N–H and O–H groups in total. The number of amides is 1. The fourth-order valence-electron chi connectivity index (χ4n) is 7.08. The van der Waals surface area contributed by atoms with Crippen LogP contribution in [0, 0.1) is 23.7 Å². The van der Waals surface area contributed by atoms with Crippen molar-refractivity contribution >= 4 is 34.7 Å². The number of nitrogens with two attached hydrogens (primary N) is 2. The van der Waals surface area contributed by atoms with Crippen LogP contribution >= 0.6 is 0 Å². The smallest absolute Gasteiger partial charge is 0.235 e. The van der Waals surface area contributed by atoms with Gasteiger partial charge in [-0.3, -0.25) is 28.9 Å². The molecule has 0 spiro atoms. The maximum atomic E-state index is 14.1. The van der Waals surface area contributed by atoms with Gasteiger partial charge >= 0.3 is 0 Å². The number of fused-ring (bicyclic) bond motifs is 3. The van der Waals surface area contributed by atoms with Crippen LogP contribution in [-0.4, -0.2) is 84.0 Å². The second-order valence-corrected chi connectivity index (χ2v) is 11.7. The molecule has 11 heteroatoms. The number of benzene rings is 2. The second-order valence-electron chi connectivity index (χ2n) is 11.7. The number of aromatic hydroxyl groups is 1. The van der Waals surface area contributed by atoms with Crippen LogP contribution in [0.5, 0.6) is 5.75 Å². The lowest BCUT2D eigenvalue weighted by atomic mass is 9.52. The number of hydrogen-bond acceptors (Lipinski definition) is 10. The molecule has 0 heterocycles. The van der Waals surface area contributed by atoms with Gasteiger partial charge in [-0.2, -0.15) is 0 Å². The number of phenolic OH excluding ortho intramolecular Hbond substituents is 1. The number of anilines is 1. The number of ketones is 4. The highest BCUT2D eigenvalue weighted by Gasteiger charge is 2.69. The molecule has 3 aliphatic carbocycles. The molecule has 2 saturated carbocycles. The van der Waals surface area contributed by atoms with Gasteiger partial charge in [-0.15, -0.1) is 0 Å².